The Morgan fingerprint density at radius 2 is 1.73 bits per heavy atom. The molecule has 1 aliphatic rings. The molecule has 0 bridgehead atoms. The second-order valence-electron chi connectivity index (χ2n) is 6.68. The normalized spacial score (nSPS) is 13.2. The summed E-state index contributed by atoms with van der Waals surface area (Å²) in [5.74, 6) is -1.31. The summed E-state index contributed by atoms with van der Waals surface area (Å²) < 4.78 is 11.6. The summed E-state index contributed by atoms with van der Waals surface area (Å²) in [6, 6.07) is 19.0. The molecular weight excluding hydrogens is 386 g/mol. The van der Waals surface area contributed by atoms with Gasteiger partial charge in [-0.2, -0.15) is 5.10 Å². The van der Waals surface area contributed by atoms with Gasteiger partial charge in [0.05, 0.1) is 13.1 Å². The summed E-state index contributed by atoms with van der Waals surface area (Å²) in [7, 11) is 0. The first-order chi connectivity index (χ1) is 14.6. The number of imide groups is 1. The number of cyclic esters (lactones) is 1. The highest BCUT2D eigenvalue weighted by Crippen LogP contribution is 2.23. The van der Waals surface area contributed by atoms with Crippen molar-refractivity contribution < 1.29 is 23.9 Å². The Morgan fingerprint density at radius 3 is 2.40 bits per heavy atom. The number of benzene rings is 2. The predicted octanol–water partition coefficient (Wildman–Crippen LogP) is 2.73. The van der Waals surface area contributed by atoms with Gasteiger partial charge in [-0.25, -0.2) is 14.5 Å². The smallest absolute Gasteiger partial charge is 0.416 e. The van der Waals surface area contributed by atoms with Crippen LogP contribution < -0.4 is 0 Å². The number of ether oxygens (including phenoxy) is 2. The second-order valence-corrected chi connectivity index (χ2v) is 6.68. The fourth-order valence-corrected chi connectivity index (χ4v) is 3.13. The summed E-state index contributed by atoms with van der Waals surface area (Å²) in [6.45, 7) is 0.223. The summed E-state index contributed by atoms with van der Waals surface area (Å²) >= 11 is 0. The minimum atomic E-state index is -0.725. The summed E-state index contributed by atoms with van der Waals surface area (Å²) in [5.41, 5.74) is 2.49. The predicted molar refractivity (Wildman–Crippen MR) is 107 cm³/mol. The Balaban J connectivity index is 1.55. The molecule has 0 unspecified atom stereocenters. The fraction of sp³-hybridized carbons (Fsp3) is 0.182. The van der Waals surface area contributed by atoms with E-state index in [-0.39, 0.29) is 18.7 Å². The zero-order valence-corrected chi connectivity index (χ0v) is 16.1. The van der Waals surface area contributed by atoms with Crippen LogP contribution in [0.1, 0.15) is 15.9 Å². The largest absolute Gasteiger partial charge is 0.452 e. The highest BCUT2D eigenvalue weighted by Gasteiger charge is 2.29. The van der Waals surface area contributed by atoms with E-state index in [4.69, 9.17) is 9.47 Å². The Hall–Kier alpha value is -3.94. The molecule has 2 heterocycles. The van der Waals surface area contributed by atoms with Gasteiger partial charge < -0.3 is 9.47 Å². The summed E-state index contributed by atoms with van der Waals surface area (Å²) in [6.07, 6.45) is 0.878. The molecule has 1 aromatic heterocycles. The van der Waals surface area contributed by atoms with Crippen LogP contribution in [0.5, 0.6) is 0 Å². The lowest BCUT2D eigenvalue weighted by Gasteiger charge is -2.10. The maximum atomic E-state index is 12.7. The maximum Gasteiger partial charge on any atom is 0.416 e. The second kappa shape index (κ2) is 8.60. The van der Waals surface area contributed by atoms with Gasteiger partial charge in [-0.3, -0.25) is 9.48 Å². The van der Waals surface area contributed by atoms with Gasteiger partial charge in [0.2, 0.25) is 0 Å². The number of hydrogen-bond acceptors (Lipinski definition) is 6. The van der Waals surface area contributed by atoms with Crippen molar-refractivity contribution >= 4 is 18.0 Å². The van der Waals surface area contributed by atoms with Crippen molar-refractivity contribution in [3.63, 3.8) is 0 Å². The van der Waals surface area contributed by atoms with Crippen LogP contribution in [0, 0.1) is 0 Å². The molecule has 1 saturated heterocycles. The minimum absolute atomic E-state index is 0.142. The quantitative estimate of drug-likeness (QED) is 0.586. The SMILES string of the molecule is O=C(OCC(=O)N1CCOC1=O)c1cn(Cc2ccccc2)nc1-c1ccccc1. The van der Waals surface area contributed by atoms with E-state index >= 15 is 0 Å². The van der Waals surface area contributed by atoms with E-state index in [2.05, 4.69) is 5.10 Å². The molecule has 30 heavy (non-hydrogen) atoms. The topological polar surface area (TPSA) is 90.7 Å². The lowest BCUT2D eigenvalue weighted by Crippen LogP contribution is -2.35. The molecule has 8 nitrogen and oxygen atoms in total. The average Bonchev–Trinajstić information content (AvgIpc) is 3.39. The number of amides is 2. The minimum Gasteiger partial charge on any atom is -0.452 e. The highest BCUT2D eigenvalue weighted by molar-refractivity contribution is 5.98. The van der Waals surface area contributed by atoms with Crippen molar-refractivity contribution in [2.24, 2.45) is 0 Å². The van der Waals surface area contributed by atoms with Gasteiger partial charge >= 0.3 is 12.1 Å². The lowest BCUT2D eigenvalue weighted by molar-refractivity contribution is -0.131. The molecule has 0 aliphatic carbocycles. The van der Waals surface area contributed by atoms with E-state index in [1.165, 1.54) is 0 Å². The van der Waals surface area contributed by atoms with Crippen LogP contribution in [0.25, 0.3) is 11.3 Å². The third kappa shape index (κ3) is 4.22. The fourth-order valence-electron chi connectivity index (χ4n) is 3.13. The number of aromatic nitrogens is 2. The van der Waals surface area contributed by atoms with Crippen LogP contribution in [0.4, 0.5) is 4.79 Å². The molecule has 0 spiro atoms. The lowest BCUT2D eigenvalue weighted by atomic mass is 10.1. The van der Waals surface area contributed by atoms with Gasteiger partial charge in [-0.15, -0.1) is 0 Å². The maximum absolute atomic E-state index is 12.7. The van der Waals surface area contributed by atoms with Crippen molar-refractivity contribution in [1.29, 1.82) is 0 Å². The van der Waals surface area contributed by atoms with Gasteiger partial charge in [-0.05, 0) is 5.56 Å². The molecule has 1 fully saturated rings. The molecule has 8 heteroatoms. The van der Waals surface area contributed by atoms with Gasteiger partial charge in [0.15, 0.2) is 6.61 Å². The zero-order valence-electron chi connectivity index (χ0n) is 16.1. The van der Waals surface area contributed by atoms with Gasteiger partial charge in [0.1, 0.15) is 17.9 Å². The molecule has 0 radical (unpaired) electrons. The molecule has 1 aliphatic heterocycles. The van der Waals surface area contributed by atoms with Crippen molar-refractivity contribution in [1.82, 2.24) is 14.7 Å². The monoisotopic (exact) mass is 405 g/mol. The standard InChI is InChI=1S/C22H19N3O5/c26-19(25-11-12-29-22(25)28)15-30-21(27)18-14-24(13-16-7-3-1-4-8-16)23-20(18)17-9-5-2-6-10-17/h1-10,14H,11-13,15H2. The number of carbonyl (C=O) groups is 3. The van der Waals surface area contributed by atoms with Crippen LogP contribution in [0.2, 0.25) is 0 Å². The number of esters is 1. The Labute approximate surface area is 172 Å². The molecule has 3 aromatic rings. The van der Waals surface area contributed by atoms with E-state index in [0.717, 1.165) is 16.0 Å². The molecule has 0 saturated carbocycles. The van der Waals surface area contributed by atoms with E-state index in [9.17, 15) is 14.4 Å². The van der Waals surface area contributed by atoms with E-state index in [1.54, 1.807) is 10.9 Å². The first kappa shape index (κ1) is 19.4. The molecule has 4 rings (SSSR count). The Bertz CT molecular complexity index is 1060. The highest BCUT2D eigenvalue weighted by atomic mass is 16.6. The van der Waals surface area contributed by atoms with Crippen molar-refractivity contribution in [2.45, 2.75) is 6.54 Å². The Kier molecular flexibility index (Phi) is 5.56. The number of carbonyl (C=O) groups excluding carboxylic acids is 3. The number of hydrogen-bond donors (Lipinski definition) is 0. The molecular formula is C22H19N3O5. The van der Waals surface area contributed by atoms with E-state index in [0.29, 0.717) is 12.2 Å². The first-order valence-corrected chi connectivity index (χ1v) is 9.43. The van der Waals surface area contributed by atoms with Crippen LogP contribution in [-0.4, -0.2) is 52.4 Å². The first-order valence-electron chi connectivity index (χ1n) is 9.43. The number of nitrogens with zero attached hydrogens (tertiary/aromatic N) is 3. The van der Waals surface area contributed by atoms with E-state index in [1.807, 2.05) is 60.7 Å². The van der Waals surface area contributed by atoms with Crippen LogP contribution in [-0.2, 0) is 20.8 Å². The van der Waals surface area contributed by atoms with Crippen LogP contribution >= 0.6 is 0 Å². The summed E-state index contributed by atoms with van der Waals surface area (Å²) in [5, 5.41) is 4.56. The van der Waals surface area contributed by atoms with Gasteiger partial charge in [0.25, 0.3) is 5.91 Å². The Morgan fingerprint density at radius 1 is 1.03 bits per heavy atom. The number of rotatable bonds is 6. The van der Waals surface area contributed by atoms with Gasteiger partial charge in [-0.1, -0.05) is 60.7 Å². The van der Waals surface area contributed by atoms with Crippen molar-refractivity contribution in [2.75, 3.05) is 19.8 Å². The molecule has 0 atom stereocenters. The van der Waals surface area contributed by atoms with E-state index < -0.39 is 24.6 Å². The third-order valence-electron chi connectivity index (χ3n) is 4.60. The van der Waals surface area contributed by atoms with Crippen LogP contribution in [0.15, 0.2) is 66.9 Å². The third-order valence-corrected chi connectivity index (χ3v) is 4.60. The molecule has 152 valence electrons. The molecule has 2 aromatic carbocycles. The van der Waals surface area contributed by atoms with Crippen molar-refractivity contribution in [3.05, 3.63) is 78.0 Å². The molecule has 0 N–H and O–H groups in total. The molecule has 2 amide bonds. The summed E-state index contributed by atoms with van der Waals surface area (Å²) in [4.78, 5) is 37.3. The van der Waals surface area contributed by atoms with Crippen molar-refractivity contribution in [3.8, 4) is 11.3 Å². The van der Waals surface area contributed by atoms with Gasteiger partial charge in [0, 0.05) is 11.8 Å². The average molecular weight is 405 g/mol. The zero-order chi connectivity index (χ0) is 20.9. The van der Waals surface area contributed by atoms with Crippen LogP contribution in [0.3, 0.4) is 0 Å².